The number of methoxy groups -OCH3 is 2. The van der Waals surface area contributed by atoms with E-state index < -0.39 is 0 Å². The first kappa shape index (κ1) is 18.1. The molecular formula is C20H26N3O3+. The Morgan fingerprint density at radius 1 is 1.04 bits per heavy atom. The largest absolute Gasteiger partial charge is 0.497 e. The van der Waals surface area contributed by atoms with Crippen molar-refractivity contribution < 1.29 is 19.2 Å². The lowest BCUT2D eigenvalue weighted by atomic mass is 10.2. The van der Waals surface area contributed by atoms with Gasteiger partial charge in [-0.15, -0.1) is 0 Å². The standard InChI is InChI=1S/C20H25N3O3/c1-25-18-7-3-5-16(13-18)21-20(24)15-22-9-11-23(12-10-22)17-6-4-8-19(14-17)26-2/h3-8,13-14H,9-12,15H2,1-2H3,(H,21,24)/p+1. The molecule has 0 bridgehead atoms. The van der Waals surface area contributed by atoms with Crippen molar-refractivity contribution in [2.45, 2.75) is 0 Å². The fourth-order valence-corrected chi connectivity index (χ4v) is 3.20. The Morgan fingerprint density at radius 2 is 1.69 bits per heavy atom. The highest BCUT2D eigenvalue weighted by Gasteiger charge is 2.22. The fourth-order valence-electron chi connectivity index (χ4n) is 3.20. The zero-order valence-electron chi connectivity index (χ0n) is 15.3. The number of piperazine rings is 1. The van der Waals surface area contributed by atoms with Gasteiger partial charge in [0.1, 0.15) is 11.5 Å². The molecule has 1 aliphatic heterocycles. The Kier molecular flexibility index (Phi) is 5.96. The van der Waals surface area contributed by atoms with Gasteiger partial charge < -0.3 is 24.6 Å². The molecule has 2 aromatic carbocycles. The molecule has 2 aromatic rings. The molecule has 26 heavy (non-hydrogen) atoms. The molecule has 6 heteroatoms. The van der Waals surface area contributed by atoms with E-state index in [0.717, 1.165) is 43.4 Å². The molecule has 0 radical (unpaired) electrons. The van der Waals surface area contributed by atoms with E-state index in [9.17, 15) is 4.79 Å². The molecule has 2 N–H and O–H groups in total. The number of carbonyl (C=O) groups is 1. The molecule has 0 unspecified atom stereocenters. The number of anilines is 2. The highest BCUT2D eigenvalue weighted by atomic mass is 16.5. The first-order valence-corrected chi connectivity index (χ1v) is 8.84. The third-order valence-electron chi connectivity index (χ3n) is 4.65. The molecule has 0 aliphatic carbocycles. The van der Waals surface area contributed by atoms with Crippen molar-refractivity contribution in [1.29, 1.82) is 0 Å². The first-order valence-electron chi connectivity index (χ1n) is 8.84. The highest BCUT2D eigenvalue weighted by molar-refractivity contribution is 5.91. The Bertz CT molecular complexity index is 743. The van der Waals surface area contributed by atoms with E-state index in [1.54, 1.807) is 14.2 Å². The van der Waals surface area contributed by atoms with Crippen LogP contribution in [0.2, 0.25) is 0 Å². The predicted octanol–water partition coefficient (Wildman–Crippen LogP) is 1.05. The van der Waals surface area contributed by atoms with Crippen LogP contribution >= 0.6 is 0 Å². The van der Waals surface area contributed by atoms with Crippen LogP contribution < -0.4 is 24.6 Å². The second kappa shape index (κ2) is 8.58. The van der Waals surface area contributed by atoms with E-state index in [1.807, 2.05) is 36.4 Å². The number of nitrogens with one attached hydrogen (secondary N) is 2. The van der Waals surface area contributed by atoms with Gasteiger partial charge in [0.05, 0.1) is 40.4 Å². The molecule has 138 valence electrons. The molecule has 0 spiro atoms. The number of ether oxygens (including phenoxy) is 2. The molecule has 0 atom stereocenters. The Hall–Kier alpha value is -2.73. The maximum absolute atomic E-state index is 12.3. The second-order valence-electron chi connectivity index (χ2n) is 6.40. The number of carbonyl (C=O) groups excluding carboxylic acids is 1. The Labute approximate surface area is 154 Å². The number of hydrogen-bond acceptors (Lipinski definition) is 4. The molecule has 1 aliphatic rings. The monoisotopic (exact) mass is 356 g/mol. The van der Waals surface area contributed by atoms with Crippen LogP contribution in [0.15, 0.2) is 48.5 Å². The maximum Gasteiger partial charge on any atom is 0.279 e. The van der Waals surface area contributed by atoms with Crippen LogP contribution in [-0.2, 0) is 4.79 Å². The van der Waals surface area contributed by atoms with Crippen molar-refractivity contribution >= 4 is 17.3 Å². The Morgan fingerprint density at radius 3 is 2.38 bits per heavy atom. The van der Waals surface area contributed by atoms with Crippen LogP contribution in [0.25, 0.3) is 0 Å². The molecular weight excluding hydrogens is 330 g/mol. The molecule has 1 fully saturated rings. The van der Waals surface area contributed by atoms with E-state index in [1.165, 1.54) is 10.6 Å². The van der Waals surface area contributed by atoms with Crippen molar-refractivity contribution in [3.8, 4) is 11.5 Å². The topological polar surface area (TPSA) is 55.2 Å². The van der Waals surface area contributed by atoms with Crippen molar-refractivity contribution in [1.82, 2.24) is 0 Å². The quantitative estimate of drug-likeness (QED) is 0.812. The maximum atomic E-state index is 12.3. The average molecular weight is 356 g/mol. The van der Waals surface area contributed by atoms with E-state index in [0.29, 0.717) is 6.54 Å². The molecule has 1 amide bonds. The third kappa shape index (κ3) is 4.67. The van der Waals surface area contributed by atoms with E-state index in [2.05, 4.69) is 22.3 Å². The van der Waals surface area contributed by atoms with Crippen LogP contribution in [0.5, 0.6) is 11.5 Å². The number of benzene rings is 2. The lowest BCUT2D eigenvalue weighted by molar-refractivity contribution is -0.892. The number of rotatable bonds is 6. The number of amides is 1. The van der Waals surface area contributed by atoms with Crippen LogP contribution in [0.1, 0.15) is 0 Å². The molecule has 6 nitrogen and oxygen atoms in total. The van der Waals surface area contributed by atoms with Gasteiger partial charge in [0.25, 0.3) is 5.91 Å². The first-order chi connectivity index (χ1) is 12.7. The van der Waals surface area contributed by atoms with E-state index >= 15 is 0 Å². The summed E-state index contributed by atoms with van der Waals surface area (Å²) in [6.07, 6.45) is 0. The summed E-state index contributed by atoms with van der Waals surface area (Å²) in [4.78, 5) is 15.9. The van der Waals surface area contributed by atoms with Gasteiger partial charge in [-0.05, 0) is 24.3 Å². The summed E-state index contributed by atoms with van der Waals surface area (Å²) < 4.78 is 10.5. The Balaban J connectivity index is 1.49. The summed E-state index contributed by atoms with van der Waals surface area (Å²) in [6, 6.07) is 15.5. The summed E-state index contributed by atoms with van der Waals surface area (Å²) in [6.45, 7) is 4.19. The number of hydrogen-bond donors (Lipinski definition) is 2. The summed E-state index contributed by atoms with van der Waals surface area (Å²) in [5, 5.41) is 2.95. The minimum Gasteiger partial charge on any atom is -0.497 e. The molecule has 0 aromatic heterocycles. The zero-order valence-corrected chi connectivity index (χ0v) is 15.3. The molecule has 3 rings (SSSR count). The SMILES string of the molecule is COc1cccc(NC(=O)C[NH+]2CCN(c3cccc(OC)c3)CC2)c1. The van der Waals surface area contributed by atoms with Gasteiger partial charge in [0, 0.05) is 23.5 Å². The highest BCUT2D eigenvalue weighted by Crippen LogP contribution is 2.20. The smallest absolute Gasteiger partial charge is 0.279 e. The van der Waals surface area contributed by atoms with Gasteiger partial charge >= 0.3 is 0 Å². The number of quaternary nitrogens is 1. The van der Waals surface area contributed by atoms with Crippen molar-refractivity contribution in [2.75, 3.05) is 57.2 Å². The molecule has 1 saturated heterocycles. The number of nitrogens with zero attached hydrogens (tertiary/aromatic N) is 1. The minimum absolute atomic E-state index is 0.0306. The van der Waals surface area contributed by atoms with Crippen LogP contribution in [-0.4, -0.2) is 52.9 Å². The van der Waals surface area contributed by atoms with Crippen LogP contribution in [0.4, 0.5) is 11.4 Å². The molecule has 0 saturated carbocycles. The minimum atomic E-state index is 0.0306. The van der Waals surface area contributed by atoms with Crippen LogP contribution in [0.3, 0.4) is 0 Å². The zero-order chi connectivity index (χ0) is 18.4. The summed E-state index contributed by atoms with van der Waals surface area (Å²) in [5.74, 6) is 1.64. The normalized spacial score (nSPS) is 14.8. The fraction of sp³-hybridized carbons (Fsp3) is 0.350. The van der Waals surface area contributed by atoms with Gasteiger partial charge in [-0.2, -0.15) is 0 Å². The van der Waals surface area contributed by atoms with Crippen molar-refractivity contribution in [2.24, 2.45) is 0 Å². The lowest BCUT2D eigenvalue weighted by Gasteiger charge is -2.33. The van der Waals surface area contributed by atoms with Gasteiger partial charge in [-0.1, -0.05) is 12.1 Å². The van der Waals surface area contributed by atoms with Gasteiger partial charge in [0.15, 0.2) is 6.54 Å². The third-order valence-corrected chi connectivity index (χ3v) is 4.65. The van der Waals surface area contributed by atoms with Crippen molar-refractivity contribution in [3.63, 3.8) is 0 Å². The van der Waals surface area contributed by atoms with Gasteiger partial charge in [0.2, 0.25) is 0 Å². The van der Waals surface area contributed by atoms with E-state index in [-0.39, 0.29) is 5.91 Å². The van der Waals surface area contributed by atoms with Crippen molar-refractivity contribution in [3.05, 3.63) is 48.5 Å². The lowest BCUT2D eigenvalue weighted by Crippen LogP contribution is -3.15. The van der Waals surface area contributed by atoms with Crippen LogP contribution in [0, 0.1) is 0 Å². The van der Waals surface area contributed by atoms with E-state index in [4.69, 9.17) is 9.47 Å². The van der Waals surface area contributed by atoms with Gasteiger partial charge in [-0.3, -0.25) is 4.79 Å². The second-order valence-corrected chi connectivity index (χ2v) is 6.40. The summed E-state index contributed by atoms with van der Waals surface area (Å²) in [7, 11) is 3.30. The average Bonchev–Trinajstić information content (AvgIpc) is 2.68. The summed E-state index contributed by atoms with van der Waals surface area (Å²) in [5.41, 5.74) is 1.94. The van der Waals surface area contributed by atoms with Gasteiger partial charge in [-0.25, -0.2) is 0 Å². The molecule has 1 heterocycles. The summed E-state index contributed by atoms with van der Waals surface area (Å²) >= 11 is 0. The predicted molar refractivity (Wildman–Crippen MR) is 102 cm³/mol.